The fraction of sp³-hybridized carbons (Fsp3) is 0.286. The molecule has 8 heteroatoms. The number of anilines is 1. The first-order valence-electron chi connectivity index (χ1n) is 11.9. The monoisotopic (exact) mass is 525 g/mol. The molecule has 0 spiro atoms. The van der Waals surface area contributed by atoms with Crippen LogP contribution in [0.2, 0.25) is 0 Å². The second kappa shape index (κ2) is 11.4. The topological polar surface area (TPSA) is 65.5 Å². The highest BCUT2D eigenvalue weighted by molar-refractivity contribution is 7.17. The van der Waals surface area contributed by atoms with Crippen LogP contribution in [-0.4, -0.2) is 35.7 Å². The molecule has 36 heavy (non-hydrogen) atoms. The van der Waals surface area contributed by atoms with E-state index in [1.165, 1.54) is 39.9 Å². The van der Waals surface area contributed by atoms with Crippen LogP contribution in [0.5, 0.6) is 0 Å². The first kappa shape index (κ1) is 26.1. The predicted molar refractivity (Wildman–Crippen MR) is 146 cm³/mol. The van der Waals surface area contributed by atoms with Gasteiger partial charge in [-0.15, -0.1) is 12.4 Å². The SMILES string of the molecule is C[C@@H](NCC1CCN(c2ncc(C(=O)O)s2)CC1c1cccc(F)c1)c1cccc2ccccc12.Cl. The average Bonchev–Trinajstić information content (AvgIpc) is 3.38. The van der Waals surface area contributed by atoms with E-state index in [1.54, 1.807) is 12.1 Å². The van der Waals surface area contributed by atoms with Gasteiger partial charge < -0.3 is 15.3 Å². The van der Waals surface area contributed by atoms with Crippen LogP contribution in [0.15, 0.2) is 72.9 Å². The standard InChI is InChI=1S/C28H28FN3O2S.ClH/c1-18(23-11-5-7-19-6-2-3-10-24(19)23)30-15-21-12-13-32(28-31-16-26(35-28)27(33)34)17-25(21)20-8-4-9-22(29)14-20;/h2-11,14,16,18,21,25,30H,12-13,15,17H2,1H3,(H,33,34);1H/t18-,21?,25?;/m1./s1. The van der Waals surface area contributed by atoms with E-state index in [0.717, 1.165) is 25.1 Å². The maximum atomic E-state index is 14.1. The van der Waals surface area contributed by atoms with Crippen LogP contribution in [0.4, 0.5) is 9.52 Å². The number of carbonyl (C=O) groups is 1. The summed E-state index contributed by atoms with van der Waals surface area (Å²) in [5.41, 5.74) is 2.24. The third kappa shape index (κ3) is 5.53. The van der Waals surface area contributed by atoms with E-state index in [1.807, 2.05) is 6.07 Å². The summed E-state index contributed by atoms with van der Waals surface area (Å²) in [4.78, 5) is 18.0. The molecule has 3 atom stereocenters. The van der Waals surface area contributed by atoms with E-state index < -0.39 is 5.97 Å². The minimum atomic E-state index is -0.961. The fourth-order valence-corrected chi connectivity index (χ4v) is 5.90. The lowest BCUT2D eigenvalue weighted by molar-refractivity contribution is 0.0702. The Bertz CT molecular complexity index is 1340. The van der Waals surface area contributed by atoms with Crippen LogP contribution in [0.3, 0.4) is 0 Å². The van der Waals surface area contributed by atoms with Crippen molar-refractivity contribution in [3.05, 3.63) is 94.7 Å². The number of thiazole rings is 1. The van der Waals surface area contributed by atoms with Gasteiger partial charge in [-0.1, -0.05) is 65.9 Å². The van der Waals surface area contributed by atoms with Gasteiger partial charge in [0, 0.05) is 25.0 Å². The first-order valence-corrected chi connectivity index (χ1v) is 12.7. The zero-order valence-corrected chi connectivity index (χ0v) is 21.6. The van der Waals surface area contributed by atoms with E-state index in [-0.39, 0.29) is 35.1 Å². The molecule has 1 aliphatic heterocycles. The third-order valence-electron chi connectivity index (χ3n) is 6.98. The number of aromatic nitrogens is 1. The molecule has 2 N–H and O–H groups in total. The van der Waals surface area contributed by atoms with Gasteiger partial charge in [0.05, 0.1) is 6.20 Å². The summed E-state index contributed by atoms with van der Waals surface area (Å²) in [6.45, 7) is 4.45. The van der Waals surface area contributed by atoms with Gasteiger partial charge in [-0.2, -0.15) is 0 Å². The van der Waals surface area contributed by atoms with E-state index in [2.05, 4.69) is 64.6 Å². The molecule has 5 nitrogen and oxygen atoms in total. The number of rotatable bonds is 7. The number of hydrogen-bond donors (Lipinski definition) is 2. The number of aromatic carboxylic acids is 1. The molecule has 0 saturated carbocycles. The molecule has 0 aliphatic carbocycles. The number of benzene rings is 3. The van der Waals surface area contributed by atoms with Crippen LogP contribution in [-0.2, 0) is 0 Å². The Morgan fingerprint density at radius 2 is 1.97 bits per heavy atom. The quantitative estimate of drug-likeness (QED) is 0.288. The Balaban J connectivity index is 0.00000304. The summed E-state index contributed by atoms with van der Waals surface area (Å²) in [5.74, 6) is -0.789. The Morgan fingerprint density at radius 3 is 2.75 bits per heavy atom. The summed E-state index contributed by atoms with van der Waals surface area (Å²) < 4.78 is 14.1. The van der Waals surface area contributed by atoms with Crippen molar-refractivity contribution in [2.75, 3.05) is 24.5 Å². The number of hydrogen-bond acceptors (Lipinski definition) is 5. The lowest BCUT2D eigenvalue weighted by Gasteiger charge is -2.39. The van der Waals surface area contributed by atoms with Gasteiger partial charge in [0.15, 0.2) is 5.13 Å². The van der Waals surface area contributed by atoms with Gasteiger partial charge in [0.2, 0.25) is 0 Å². The lowest BCUT2D eigenvalue weighted by atomic mass is 9.80. The normalized spacial score (nSPS) is 18.6. The zero-order valence-electron chi connectivity index (χ0n) is 19.9. The zero-order chi connectivity index (χ0) is 24.4. The van der Waals surface area contributed by atoms with E-state index in [4.69, 9.17) is 0 Å². The Hall–Kier alpha value is -3.00. The number of halogens is 2. The highest BCUT2D eigenvalue weighted by atomic mass is 35.5. The molecule has 1 aliphatic rings. The van der Waals surface area contributed by atoms with Crippen LogP contribution >= 0.6 is 23.7 Å². The van der Waals surface area contributed by atoms with E-state index in [9.17, 15) is 14.3 Å². The molecule has 1 fully saturated rings. The number of carboxylic acid groups (broad SMARTS) is 1. The van der Waals surface area contributed by atoms with Crippen LogP contribution < -0.4 is 10.2 Å². The number of carboxylic acids is 1. The summed E-state index contributed by atoms with van der Waals surface area (Å²) in [6, 6.07) is 21.9. The number of nitrogens with one attached hydrogen (secondary N) is 1. The molecular formula is C28H29ClFN3O2S. The number of nitrogens with zero attached hydrogens (tertiary/aromatic N) is 2. The van der Waals surface area contributed by atoms with Crippen LogP contribution in [0, 0.1) is 11.7 Å². The van der Waals surface area contributed by atoms with Crippen molar-refractivity contribution in [1.29, 1.82) is 0 Å². The second-order valence-electron chi connectivity index (χ2n) is 9.17. The van der Waals surface area contributed by atoms with Gasteiger partial charge in [-0.3, -0.25) is 0 Å². The minimum absolute atomic E-state index is 0. The van der Waals surface area contributed by atoms with Crippen LogP contribution in [0.1, 0.15) is 46.1 Å². The Kier molecular flexibility index (Phi) is 8.24. The molecule has 0 radical (unpaired) electrons. The van der Waals surface area contributed by atoms with Crippen molar-refractivity contribution in [1.82, 2.24) is 10.3 Å². The second-order valence-corrected chi connectivity index (χ2v) is 10.2. The number of fused-ring (bicyclic) bond motifs is 1. The molecule has 3 aromatic carbocycles. The smallest absolute Gasteiger partial charge is 0.347 e. The highest BCUT2D eigenvalue weighted by Crippen LogP contribution is 2.36. The maximum absolute atomic E-state index is 14.1. The maximum Gasteiger partial charge on any atom is 0.347 e. The van der Waals surface area contributed by atoms with E-state index >= 15 is 0 Å². The van der Waals surface area contributed by atoms with Gasteiger partial charge in [-0.05, 0) is 59.8 Å². The number of piperidine rings is 1. The summed E-state index contributed by atoms with van der Waals surface area (Å²) in [7, 11) is 0. The molecule has 2 unspecified atom stereocenters. The van der Waals surface area contributed by atoms with Gasteiger partial charge >= 0.3 is 5.97 Å². The lowest BCUT2D eigenvalue weighted by Crippen LogP contribution is -2.43. The fourth-order valence-electron chi connectivity index (χ4n) is 5.11. The van der Waals surface area contributed by atoms with Gasteiger partial charge in [0.1, 0.15) is 10.7 Å². The molecule has 0 bridgehead atoms. The van der Waals surface area contributed by atoms with Crippen molar-refractivity contribution in [3.63, 3.8) is 0 Å². The van der Waals surface area contributed by atoms with Crippen molar-refractivity contribution >= 4 is 45.6 Å². The van der Waals surface area contributed by atoms with E-state index in [0.29, 0.717) is 17.6 Å². The van der Waals surface area contributed by atoms with Crippen molar-refractivity contribution in [2.45, 2.75) is 25.3 Å². The summed E-state index contributed by atoms with van der Waals surface area (Å²) in [5, 5.41) is 16.2. The molecular weight excluding hydrogens is 497 g/mol. The van der Waals surface area contributed by atoms with Gasteiger partial charge in [0.25, 0.3) is 0 Å². The van der Waals surface area contributed by atoms with Crippen molar-refractivity contribution < 1.29 is 14.3 Å². The predicted octanol–water partition coefficient (Wildman–Crippen LogP) is 6.52. The van der Waals surface area contributed by atoms with Gasteiger partial charge in [-0.25, -0.2) is 14.2 Å². The largest absolute Gasteiger partial charge is 0.477 e. The highest BCUT2D eigenvalue weighted by Gasteiger charge is 2.32. The molecule has 2 heterocycles. The molecule has 188 valence electrons. The Morgan fingerprint density at radius 1 is 1.19 bits per heavy atom. The summed E-state index contributed by atoms with van der Waals surface area (Å²) in [6.07, 6.45) is 2.32. The molecule has 0 amide bonds. The van der Waals surface area contributed by atoms with Crippen LogP contribution in [0.25, 0.3) is 10.8 Å². The minimum Gasteiger partial charge on any atom is -0.477 e. The molecule has 1 saturated heterocycles. The van der Waals surface area contributed by atoms with Crippen molar-refractivity contribution in [3.8, 4) is 0 Å². The summed E-state index contributed by atoms with van der Waals surface area (Å²) >= 11 is 1.19. The first-order chi connectivity index (χ1) is 17.0. The Labute approximate surface area is 220 Å². The molecule has 1 aromatic heterocycles. The third-order valence-corrected chi connectivity index (χ3v) is 8.03. The van der Waals surface area contributed by atoms with Crippen molar-refractivity contribution in [2.24, 2.45) is 5.92 Å². The molecule has 5 rings (SSSR count). The molecule has 4 aromatic rings. The average molecular weight is 526 g/mol.